The number of hydrogen-bond donors (Lipinski definition) is 1. The molecule has 2 rings (SSSR count). The summed E-state index contributed by atoms with van der Waals surface area (Å²) in [7, 11) is 0. The number of hydrogen-bond acceptors (Lipinski definition) is 2. The number of nitrogens with two attached hydrogens (primary N) is 1. The van der Waals surface area contributed by atoms with Crippen LogP contribution in [0.2, 0.25) is 0 Å². The Morgan fingerprint density at radius 3 is 2.43 bits per heavy atom. The highest BCUT2D eigenvalue weighted by Gasteiger charge is 2.24. The molecular formula is C12H22N2. The first kappa shape index (κ1) is 10.2. The van der Waals surface area contributed by atoms with Crippen LogP contribution in [0.3, 0.4) is 0 Å². The van der Waals surface area contributed by atoms with Crippen molar-refractivity contribution in [3.63, 3.8) is 0 Å². The van der Waals surface area contributed by atoms with E-state index < -0.39 is 0 Å². The fraction of sp³-hybridized carbons (Fsp3) is 0.917. The summed E-state index contributed by atoms with van der Waals surface area (Å²) in [5, 5.41) is 0. The molecular weight excluding hydrogens is 172 g/mol. The molecule has 2 heteroatoms. The quantitative estimate of drug-likeness (QED) is 0.684. The molecule has 0 saturated heterocycles. The molecule has 1 heterocycles. The van der Waals surface area contributed by atoms with Crippen molar-refractivity contribution in [2.75, 3.05) is 6.54 Å². The van der Waals surface area contributed by atoms with E-state index in [2.05, 4.69) is 6.92 Å². The summed E-state index contributed by atoms with van der Waals surface area (Å²) in [5.41, 5.74) is 7.42. The molecule has 2 aliphatic rings. The van der Waals surface area contributed by atoms with Crippen LogP contribution in [0.5, 0.6) is 0 Å². The van der Waals surface area contributed by atoms with Crippen molar-refractivity contribution in [2.45, 2.75) is 51.5 Å². The summed E-state index contributed by atoms with van der Waals surface area (Å²) in [4.78, 5) is 4.74. The minimum Gasteiger partial charge on any atom is -0.328 e. The second kappa shape index (κ2) is 4.43. The topological polar surface area (TPSA) is 38.4 Å². The van der Waals surface area contributed by atoms with Crippen molar-refractivity contribution < 1.29 is 0 Å². The molecule has 1 saturated carbocycles. The van der Waals surface area contributed by atoms with Crippen LogP contribution in [0.25, 0.3) is 0 Å². The predicted octanol–water partition coefficient (Wildman–Crippen LogP) is 2.37. The molecule has 0 bridgehead atoms. The highest BCUT2D eigenvalue weighted by Crippen LogP contribution is 2.28. The van der Waals surface area contributed by atoms with Gasteiger partial charge in [0.25, 0.3) is 0 Å². The van der Waals surface area contributed by atoms with E-state index in [0.29, 0.717) is 6.04 Å². The maximum absolute atomic E-state index is 5.91. The van der Waals surface area contributed by atoms with Crippen LogP contribution in [-0.4, -0.2) is 18.3 Å². The van der Waals surface area contributed by atoms with Crippen LogP contribution in [0, 0.1) is 11.8 Å². The van der Waals surface area contributed by atoms with Crippen molar-refractivity contribution in [3.05, 3.63) is 0 Å². The van der Waals surface area contributed by atoms with Gasteiger partial charge in [0.15, 0.2) is 0 Å². The standard InChI is InChI=1S/C12H22N2/c1-9-2-7-12(14-8-9)10-3-5-11(13)6-4-10/h9-11H,2-8,13H2,1H3. The van der Waals surface area contributed by atoms with E-state index in [1.165, 1.54) is 44.2 Å². The molecule has 0 radical (unpaired) electrons. The Bertz CT molecular complexity index is 214. The molecule has 0 amide bonds. The summed E-state index contributed by atoms with van der Waals surface area (Å²) in [6.45, 7) is 3.37. The number of aliphatic imine (C=N–C) groups is 1. The van der Waals surface area contributed by atoms with Crippen LogP contribution >= 0.6 is 0 Å². The Balaban J connectivity index is 1.89. The monoisotopic (exact) mass is 194 g/mol. The molecule has 0 aromatic rings. The normalized spacial score (nSPS) is 39.3. The lowest BCUT2D eigenvalue weighted by atomic mass is 9.80. The SMILES string of the molecule is CC1CCC(C2CCC(N)CC2)=NC1. The van der Waals surface area contributed by atoms with Crippen LogP contribution in [0.1, 0.15) is 45.4 Å². The molecule has 0 aromatic carbocycles. The van der Waals surface area contributed by atoms with E-state index >= 15 is 0 Å². The van der Waals surface area contributed by atoms with E-state index in [1.54, 1.807) is 0 Å². The zero-order valence-corrected chi connectivity index (χ0v) is 9.21. The lowest BCUT2D eigenvalue weighted by Gasteiger charge is -2.29. The molecule has 0 aromatic heterocycles. The van der Waals surface area contributed by atoms with Gasteiger partial charge in [-0.15, -0.1) is 0 Å². The van der Waals surface area contributed by atoms with Gasteiger partial charge in [-0.05, 0) is 50.4 Å². The van der Waals surface area contributed by atoms with Gasteiger partial charge in [-0.25, -0.2) is 0 Å². The van der Waals surface area contributed by atoms with Crippen molar-refractivity contribution in [1.82, 2.24) is 0 Å². The molecule has 2 N–H and O–H groups in total. The second-order valence-corrected chi connectivity index (χ2v) is 5.09. The van der Waals surface area contributed by atoms with E-state index in [1.807, 2.05) is 0 Å². The first-order valence-electron chi connectivity index (χ1n) is 6.04. The van der Waals surface area contributed by atoms with Crippen LogP contribution < -0.4 is 5.73 Å². The van der Waals surface area contributed by atoms with Gasteiger partial charge in [0, 0.05) is 18.3 Å². The summed E-state index contributed by atoms with van der Waals surface area (Å²) in [6.07, 6.45) is 7.59. The maximum Gasteiger partial charge on any atom is 0.0414 e. The average Bonchev–Trinajstić information content (AvgIpc) is 2.21. The van der Waals surface area contributed by atoms with E-state index in [-0.39, 0.29) is 0 Å². The van der Waals surface area contributed by atoms with Crippen molar-refractivity contribution in [3.8, 4) is 0 Å². The highest BCUT2D eigenvalue weighted by molar-refractivity contribution is 5.87. The molecule has 1 atom stereocenters. The smallest absolute Gasteiger partial charge is 0.0414 e. The van der Waals surface area contributed by atoms with Crippen LogP contribution in [0.15, 0.2) is 4.99 Å². The lowest BCUT2D eigenvalue weighted by Crippen LogP contribution is -2.31. The zero-order valence-electron chi connectivity index (χ0n) is 9.21. The summed E-state index contributed by atoms with van der Waals surface area (Å²) in [6, 6.07) is 0.467. The van der Waals surface area contributed by atoms with E-state index in [9.17, 15) is 0 Å². The number of nitrogens with zero attached hydrogens (tertiary/aromatic N) is 1. The van der Waals surface area contributed by atoms with Crippen LogP contribution in [-0.2, 0) is 0 Å². The van der Waals surface area contributed by atoms with E-state index in [0.717, 1.165) is 18.4 Å². The zero-order chi connectivity index (χ0) is 9.97. The third-order valence-corrected chi connectivity index (χ3v) is 3.74. The molecule has 80 valence electrons. The predicted molar refractivity (Wildman–Crippen MR) is 60.6 cm³/mol. The first-order valence-corrected chi connectivity index (χ1v) is 6.04. The Morgan fingerprint density at radius 2 is 1.86 bits per heavy atom. The van der Waals surface area contributed by atoms with Gasteiger partial charge in [0.05, 0.1) is 0 Å². The molecule has 14 heavy (non-hydrogen) atoms. The Labute approximate surface area is 87.0 Å². The largest absolute Gasteiger partial charge is 0.328 e. The Hall–Kier alpha value is -0.370. The summed E-state index contributed by atoms with van der Waals surface area (Å²) >= 11 is 0. The Kier molecular flexibility index (Phi) is 3.22. The van der Waals surface area contributed by atoms with Gasteiger partial charge in [-0.1, -0.05) is 6.92 Å². The van der Waals surface area contributed by atoms with Gasteiger partial charge in [0.1, 0.15) is 0 Å². The van der Waals surface area contributed by atoms with Crippen LogP contribution in [0.4, 0.5) is 0 Å². The van der Waals surface area contributed by atoms with Crippen molar-refractivity contribution in [1.29, 1.82) is 0 Å². The minimum absolute atomic E-state index is 0.467. The molecule has 2 nitrogen and oxygen atoms in total. The number of rotatable bonds is 1. The fourth-order valence-corrected chi connectivity index (χ4v) is 2.62. The van der Waals surface area contributed by atoms with Gasteiger partial charge in [-0.2, -0.15) is 0 Å². The second-order valence-electron chi connectivity index (χ2n) is 5.09. The molecule has 1 aliphatic heterocycles. The van der Waals surface area contributed by atoms with Gasteiger partial charge >= 0.3 is 0 Å². The van der Waals surface area contributed by atoms with Gasteiger partial charge < -0.3 is 5.73 Å². The Morgan fingerprint density at radius 1 is 1.14 bits per heavy atom. The highest BCUT2D eigenvalue weighted by atomic mass is 14.8. The third kappa shape index (κ3) is 2.35. The van der Waals surface area contributed by atoms with Crippen molar-refractivity contribution >= 4 is 5.71 Å². The summed E-state index contributed by atoms with van der Waals surface area (Å²) < 4.78 is 0. The first-order chi connectivity index (χ1) is 6.75. The molecule has 1 unspecified atom stereocenters. The molecule has 1 fully saturated rings. The summed E-state index contributed by atoms with van der Waals surface area (Å²) in [5.74, 6) is 1.59. The lowest BCUT2D eigenvalue weighted by molar-refractivity contribution is 0.381. The molecule has 1 aliphatic carbocycles. The van der Waals surface area contributed by atoms with Gasteiger partial charge in [0.2, 0.25) is 0 Å². The molecule has 0 spiro atoms. The maximum atomic E-state index is 5.91. The third-order valence-electron chi connectivity index (χ3n) is 3.74. The fourth-order valence-electron chi connectivity index (χ4n) is 2.62. The minimum atomic E-state index is 0.467. The van der Waals surface area contributed by atoms with Gasteiger partial charge in [-0.3, -0.25) is 4.99 Å². The van der Waals surface area contributed by atoms with Crippen molar-refractivity contribution in [2.24, 2.45) is 22.6 Å². The average molecular weight is 194 g/mol. The van der Waals surface area contributed by atoms with E-state index in [4.69, 9.17) is 10.7 Å².